The van der Waals surface area contributed by atoms with E-state index in [4.69, 9.17) is 18.8 Å². The number of hydrogen-bond donors (Lipinski definition) is 1. The summed E-state index contributed by atoms with van der Waals surface area (Å²) in [6.45, 7) is 15.9. The topological polar surface area (TPSA) is 66.0 Å². The van der Waals surface area contributed by atoms with Gasteiger partial charge in [-0.25, -0.2) is 4.79 Å². The minimum absolute atomic E-state index is 0.194. The monoisotopic (exact) mass is 377 g/mol. The van der Waals surface area contributed by atoms with Crippen molar-refractivity contribution in [1.29, 1.82) is 0 Å². The summed E-state index contributed by atoms with van der Waals surface area (Å²) in [7, 11) is -0.393. The molecule has 1 atom stereocenters. The third kappa shape index (κ3) is 5.88. The average Bonchev–Trinajstić information content (AvgIpc) is 2.72. The summed E-state index contributed by atoms with van der Waals surface area (Å²) in [5, 5.41) is 2.71. The molecular weight excluding hydrogens is 345 g/mol. The van der Waals surface area contributed by atoms with E-state index < -0.39 is 18.8 Å². The van der Waals surface area contributed by atoms with Crippen molar-refractivity contribution in [1.82, 2.24) is 5.32 Å². The van der Waals surface area contributed by atoms with Gasteiger partial charge < -0.3 is 24.1 Å². The molecular formula is C20H32BNO5. The summed E-state index contributed by atoms with van der Waals surface area (Å²) in [6, 6.07) is 7.63. The maximum Gasteiger partial charge on any atom is 0.494 e. The number of rotatable bonds is 5. The number of nitrogens with one attached hydrogen (secondary N) is 1. The summed E-state index contributed by atoms with van der Waals surface area (Å²) in [5.41, 5.74) is -0.304. The predicted molar refractivity (Wildman–Crippen MR) is 106 cm³/mol. The van der Waals surface area contributed by atoms with Crippen LogP contribution in [-0.2, 0) is 14.0 Å². The summed E-state index contributed by atoms with van der Waals surface area (Å²) in [4.78, 5) is 11.7. The minimum Gasteiger partial charge on any atom is -0.489 e. The normalized spacial score (nSPS) is 19.5. The highest BCUT2D eigenvalue weighted by Gasteiger charge is 2.51. The van der Waals surface area contributed by atoms with Crippen molar-refractivity contribution < 1.29 is 23.6 Å². The fraction of sp³-hybridized carbons (Fsp3) is 0.650. The van der Waals surface area contributed by atoms with Crippen LogP contribution >= 0.6 is 0 Å². The van der Waals surface area contributed by atoms with Gasteiger partial charge in [-0.2, -0.15) is 0 Å². The molecule has 1 aliphatic rings. The number of hydrogen-bond acceptors (Lipinski definition) is 5. The van der Waals surface area contributed by atoms with Crippen LogP contribution in [0.1, 0.15) is 55.4 Å². The smallest absolute Gasteiger partial charge is 0.489 e. The van der Waals surface area contributed by atoms with Gasteiger partial charge in [-0.05, 0) is 73.0 Å². The molecule has 2 rings (SSSR count). The molecule has 1 fully saturated rings. The molecule has 0 spiro atoms. The molecule has 0 aromatic heterocycles. The van der Waals surface area contributed by atoms with Crippen molar-refractivity contribution in [3.63, 3.8) is 0 Å². The Kier molecular flexibility index (Phi) is 6.17. The van der Waals surface area contributed by atoms with Gasteiger partial charge in [0, 0.05) is 0 Å². The van der Waals surface area contributed by atoms with Gasteiger partial charge in [0.2, 0.25) is 0 Å². The first-order chi connectivity index (χ1) is 12.3. The second-order valence-electron chi connectivity index (χ2n) is 8.97. The SMILES string of the molecule is CC(CNC(=O)OC(C)(C)C)Oc1ccc(B2OC(C)(C)C(C)(C)O2)cc1. The Morgan fingerprint density at radius 2 is 1.63 bits per heavy atom. The molecule has 0 bridgehead atoms. The molecule has 1 unspecified atom stereocenters. The molecule has 1 saturated heterocycles. The van der Waals surface area contributed by atoms with E-state index in [1.807, 2.05) is 79.7 Å². The second-order valence-corrected chi connectivity index (χ2v) is 8.97. The van der Waals surface area contributed by atoms with E-state index in [0.717, 1.165) is 5.46 Å². The van der Waals surface area contributed by atoms with Gasteiger partial charge in [0.1, 0.15) is 17.5 Å². The number of carbonyl (C=O) groups excluding carboxylic acids is 1. The fourth-order valence-corrected chi connectivity index (χ4v) is 2.50. The van der Waals surface area contributed by atoms with Gasteiger partial charge >= 0.3 is 13.2 Å². The van der Waals surface area contributed by atoms with Crippen LogP contribution in [0, 0.1) is 0 Å². The largest absolute Gasteiger partial charge is 0.494 e. The molecule has 6 nitrogen and oxygen atoms in total. The second kappa shape index (κ2) is 7.72. The molecule has 0 saturated carbocycles. The lowest BCUT2D eigenvalue weighted by molar-refractivity contribution is 0.00578. The van der Waals surface area contributed by atoms with Gasteiger partial charge in [0.05, 0.1) is 17.7 Å². The minimum atomic E-state index is -0.516. The molecule has 1 aromatic rings. The quantitative estimate of drug-likeness (QED) is 0.798. The number of ether oxygens (including phenoxy) is 2. The molecule has 0 radical (unpaired) electrons. The van der Waals surface area contributed by atoms with Gasteiger partial charge in [-0.15, -0.1) is 0 Å². The van der Waals surface area contributed by atoms with E-state index >= 15 is 0 Å². The van der Waals surface area contributed by atoms with E-state index in [1.54, 1.807) is 0 Å². The van der Waals surface area contributed by atoms with Gasteiger partial charge in [-0.1, -0.05) is 12.1 Å². The highest BCUT2D eigenvalue weighted by molar-refractivity contribution is 6.62. The van der Waals surface area contributed by atoms with Gasteiger partial charge in [0.15, 0.2) is 0 Å². The van der Waals surface area contributed by atoms with Gasteiger partial charge in [-0.3, -0.25) is 0 Å². The number of alkyl carbamates (subject to hydrolysis) is 1. The Morgan fingerprint density at radius 3 is 2.11 bits per heavy atom. The highest BCUT2D eigenvalue weighted by Crippen LogP contribution is 2.36. The van der Waals surface area contributed by atoms with E-state index in [-0.39, 0.29) is 17.3 Å². The maximum absolute atomic E-state index is 11.7. The molecule has 1 amide bonds. The standard InChI is InChI=1S/C20H32BNO5/c1-14(13-22-17(23)25-18(2,3)4)24-16-11-9-15(10-12-16)21-26-19(5,6)20(7,8)27-21/h9-12,14H,13H2,1-8H3,(H,22,23). The van der Waals surface area contributed by atoms with E-state index in [2.05, 4.69) is 5.32 Å². The third-order valence-corrected chi connectivity index (χ3v) is 4.68. The molecule has 150 valence electrons. The Hall–Kier alpha value is -1.73. The Balaban J connectivity index is 1.86. The molecule has 0 aliphatic carbocycles. The molecule has 1 aromatic carbocycles. The molecule has 1 heterocycles. The number of carbonyl (C=O) groups is 1. The number of benzene rings is 1. The fourth-order valence-electron chi connectivity index (χ4n) is 2.50. The van der Waals surface area contributed by atoms with Crippen LogP contribution in [0.15, 0.2) is 24.3 Å². The zero-order chi connectivity index (χ0) is 20.5. The lowest BCUT2D eigenvalue weighted by Crippen LogP contribution is -2.41. The van der Waals surface area contributed by atoms with Crippen molar-refractivity contribution in [3.05, 3.63) is 24.3 Å². The van der Waals surface area contributed by atoms with Crippen LogP contribution in [0.3, 0.4) is 0 Å². The zero-order valence-electron chi connectivity index (χ0n) is 17.7. The molecule has 1 N–H and O–H groups in total. The van der Waals surface area contributed by atoms with Crippen LogP contribution in [0.25, 0.3) is 0 Å². The van der Waals surface area contributed by atoms with Crippen molar-refractivity contribution >= 4 is 18.7 Å². The van der Waals surface area contributed by atoms with Crippen LogP contribution in [0.4, 0.5) is 4.79 Å². The Labute approximate surface area is 163 Å². The first-order valence-electron chi connectivity index (χ1n) is 9.38. The van der Waals surface area contributed by atoms with Crippen LogP contribution in [-0.4, -0.2) is 42.7 Å². The van der Waals surface area contributed by atoms with Crippen molar-refractivity contribution in [3.8, 4) is 5.75 Å². The summed E-state index contributed by atoms with van der Waals surface area (Å²) >= 11 is 0. The van der Waals surface area contributed by atoms with Crippen LogP contribution in [0.2, 0.25) is 0 Å². The first kappa shape index (κ1) is 21.6. The Morgan fingerprint density at radius 1 is 1.11 bits per heavy atom. The van der Waals surface area contributed by atoms with Crippen molar-refractivity contribution in [2.75, 3.05) is 6.54 Å². The lowest BCUT2D eigenvalue weighted by atomic mass is 9.79. The van der Waals surface area contributed by atoms with E-state index in [1.165, 1.54) is 0 Å². The van der Waals surface area contributed by atoms with Crippen LogP contribution < -0.4 is 15.5 Å². The first-order valence-corrected chi connectivity index (χ1v) is 9.38. The van der Waals surface area contributed by atoms with E-state index in [9.17, 15) is 4.79 Å². The summed E-state index contributed by atoms with van der Waals surface area (Å²) in [6.07, 6.45) is -0.644. The molecule has 7 heteroatoms. The summed E-state index contributed by atoms with van der Waals surface area (Å²) in [5.74, 6) is 0.716. The lowest BCUT2D eigenvalue weighted by Gasteiger charge is -2.32. The highest BCUT2D eigenvalue weighted by atomic mass is 16.7. The van der Waals surface area contributed by atoms with Gasteiger partial charge in [0.25, 0.3) is 0 Å². The zero-order valence-corrected chi connectivity index (χ0v) is 17.7. The molecule has 27 heavy (non-hydrogen) atoms. The maximum atomic E-state index is 11.7. The number of amides is 1. The van der Waals surface area contributed by atoms with Crippen molar-refractivity contribution in [2.45, 2.75) is 78.3 Å². The third-order valence-electron chi connectivity index (χ3n) is 4.68. The van der Waals surface area contributed by atoms with Crippen LogP contribution in [0.5, 0.6) is 5.75 Å². The average molecular weight is 377 g/mol. The summed E-state index contributed by atoms with van der Waals surface area (Å²) < 4.78 is 23.2. The van der Waals surface area contributed by atoms with E-state index in [0.29, 0.717) is 12.3 Å². The Bertz CT molecular complexity index is 635. The molecule has 1 aliphatic heterocycles. The predicted octanol–water partition coefficient (Wildman–Crippen LogP) is 3.28. The van der Waals surface area contributed by atoms with Crippen molar-refractivity contribution in [2.24, 2.45) is 0 Å².